The molecule has 0 unspecified atom stereocenters. The summed E-state index contributed by atoms with van der Waals surface area (Å²) in [4.78, 5) is 23.0. The second-order valence-corrected chi connectivity index (χ2v) is 8.50. The smallest absolute Gasteiger partial charge is 0.341 e. The first-order valence-electron chi connectivity index (χ1n) is 8.11. The number of ether oxygens (including phenoxy) is 1. The third kappa shape index (κ3) is 6.38. The van der Waals surface area contributed by atoms with E-state index in [-0.39, 0.29) is 12.1 Å². The van der Waals surface area contributed by atoms with E-state index in [0.717, 1.165) is 29.8 Å². The normalized spacial score (nSPS) is 11.3. The van der Waals surface area contributed by atoms with Crippen molar-refractivity contribution in [2.45, 2.75) is 17.1 Å². The summed E-state index contributed by atoms with van der Waals surface area (Å²) in [6, 6.07) is 8.77. The number of benzene rings is 2. The van der Waals surface area contributed by atoms with Crippen LogP contribution < -0.4 is 5.32 Å². The van der Waals surface area contributed by atoms with Crippen LogP contribution in [-0.2, 0) is 25.8 Å². The minimum Gasteiger partial charge on any atom is -0.452 e. The average molecular weight is 466 g/mol. The molecule has 0 aliphatic carbocycles. The fourth-order valence-corrected chi connectivity index (χ4v) is 3.43. The summed E-state index contributed by atoms with van der Waals surface area (Å²) in [7, 11) is -4.75. The lowest BCUT2D eigenvalue weighted by Crippen LogP contribution is -2.30. The Hall–Kier alpha value is -2.23. The Morgan fingerprint density at radius 1 is 1.07 bits per heavy atom. The van der Waals surface area contributed by atoms with Crippen molar-refractivity contribution in [1.82, 2.24) is 5.32 Å². The molecule has 6 nitrogen and oxygen atoms in total. The van der Waals surface area contributed by atoms with Gasteiger partial charge in [0.15, 0.2) is 6.61 Å². The van der Waals surface area contributed by atoms with E-state index in [1.165, 1.54) is 0 Å². The van der Waals surface area contributed by atoms with Crippen molar-refractivity contribution in [3.05, 3.63) is 63.6 Å². The molecule has 1 amide bonds. The summed E-state index contributed by atoms with van der Waals surface area (Å²) in [5, 5.41) is 3.51. The van der Waals surface area contributed by atoms with Crippen LogP contribution >= 0.6 is 23.2 Å². The van der Waals surface area contributed by atoms with Gasteiger partial charge in [0.25, 0.3) is 5.91 Å². The molecule has 0 aromatic heterocycles. The molecule has 2 aromatic rings. The highest BCUT2D eigenvalue weighted by Crippen LogP contribution is 2.21. The molecule has 11 heteroatoms. The number of nitrogens with one attached hydrogen (secondary N) is 1. The van der Waals surface area contributed by atoms with Crippen molar-refractivity contribution in [1.29, 1.82) is 0 Å². The van der Waals surface area contributed by atoms with E-state index in [4.69, 9.17) is 27.9 Å². The number of halogens is 4. The zero-order valence-corrected chi connectivity index (χ0v) is 17.0. The van der Waals surface area contributed by atoms with E-state index >= 15 is 0 Å². The van der Waals surface area contributed by atoms with Crippen LogP contribution in [0.5, 0.6) is 0 Å². The maximum atomic E-state index is 12.5. The largest absolute Gasteiger partial charge is 0.452 e. The van der Waals surface area contributed by atoms with Crippen LogP contribution in [-0.4, -0.2) is 39.2 Å². The third-order valence-electron chi connectivity index (χ3n) is 3.72. The van der Waals surface area contributed by atoms with E-state index in [2.05, 4.69) is 5.32 Å². The average Bonchev–Trinajstić information content (AvgIpc) is 2.67. The zero-order chi connectivity index (χ0) is 21.6. The van der Waals surface area contributed by atoms with Crippen molar-refractivity contribution in [3.8, 4) is 0 Å². The quantitative estimate of drug-likeness (QED) is 0.602. The van der Waals surface area contributed by atoms with Crippen molar-refractivity contribution >= 4 is 44.9 Å². The summed E-state index contributed by atoms with van der Waals surface area (Å²) in [5.41, 5.74) is 0.700. The van der Waals surface area contributed by atoms with Gasteiger partial charge in [-0.25, -0.2) is 13.2 Å². The van der Waals surface area contributed by atoms with Gasteiger partial charge >= 0.3 is 11.7 Å². The lowest BCUT2D eigenvalue weighted by atomic mass is 10.1. The first-order chi connectivity index (χ1) is 13.6. The molecule has 0 aliphatic rings. The zero-order valence-electron chi connectivity index (χ0n) is 14.7. The molecule has 0 radical (unpaired) electrons. The fourth-order valence-electron chi connectivity index (χ4n) is 2.21. The summed E-state index contributed by atoms with van der Waals surface area (Å²) < 4.78 is 52.4. The van der Waals surface area contributed by atoms with Gasteiger partial charge in [-0.15, -0.1) is 0 Å². The first-order valence-corrected chi connectivity index (χ1v) is 10.4. The summed E-state index contributed by atoms with van der Waals surface area (Å²) in [6.07, 6.45) is 0.440. The molecule has 2 rings (SSSR count). The topological polar surface area (TPSA) is 89.5 Å². The van der Waals surface area contributed by atoms with Crippen LogP contribution in [0.4, 0.5) is 8.78 Å². The van der Waals surface area contributed by atoms with Crippen LogP contribution in [0.25, 0.3) is 0 Å². The van der Waals surface area contributed by atoms with Crippen LogP contribution in [0.15, 0.2) is 47.4 Å². The monoisotopic (exact) mass is 465 g/mol. The van der Waals surface area contributed by atoms with Gasteiger partial charge < -0.3 is 10.1 Å². The van der Waals surface area contributed by atoms with Crippen LogP contribution in [0.3, 0.4) is 0 Å². The second-order valence-electron chi connectivity index (χ2n) is 5.74. The molecule has 1 N–H and O–H groups in total. The van der Waals surface area contributed by atoms with Gasteiger partial charge in [-0.1, -0.05) is 29.3 Å². The molecule has 0 atom stereocenters. The maximum absolute atomic E-state index is 12.5. The van der Waals surface area contributed by atoms with Gasteiger partial charge in [0.1, 0.15) is 0 Å². The number of hydrogen-bond acceptors (Lipinski definition) is 5. The van der Waals surface area contributed by atoms with Crippen LogP contribution in [0.2, 0.25) is 10.0 Å². The molecule has 0 heterocycles. The minimum absolute atomic E-state index is 0.0843. The Kier molecular flexibility index (Phi) is 7.95. The third-order valence-corrected chi connectivity index (χ3v) is 5.70. The van der Waals surface area contributed by atoms with Gasteiger partial charge in [0.05, 0.1) is 10.5 Å². The number of carbonyl (C=O) groups is 2. The van der Waals surface area contributed by atoms with Crippen LogP contribution in [0.1, 0.15) is 15.9 Å². The molecule has 0 spiro atoms. The number of esters is 1. The number of alkyl halides is 2. The molecule has 29 heavy (non-hydrogen) atoms. The molecule has 0 saturated carbocycles. The molecule has 0 saturated heterocycles. The van der Waals surface area contributed by atoms with E-state index in [1.54, 1.807) is 18.2 Å². The summed E-state index contributed by atoms with van der Waals surface area (Å²) >= 11 is 11.8. The van der Waals surface area contributed by atoms with Gasteiger partial charge in [0, 0.05) is 16.6 Å². The number of carbonyl (C=O) groups excluding carboxylic acids is 2. The Bertz CT molecular complexity index is 998. The standard InChI is InChI=1S/C18H15Cl2F2NO5S/c19-13-4-1-11(15(20)9-13)7-8-23-16(24)10-28-17(25)12-2-5-14(6-3-12)29(26,27)18(21)22/h1-6,9,18H,7-8,10H2,(H,23,24). The number of rotatable bonds is 8. The van der Waals surface area contributed by atoms with Crippen molar-refractivity contribution in [2.75, 3.05) is 13.2 Å². The van der Waals surface area contributed by atoms with Crippen molar-refractivity contribution in [3.63, 3.8) is 0 Å². The Morgan fingerprint density at radius 2 is 1.72 bits per heavy atom. The molecular weight excluding hydrogens is 451 g/mol. The maximum Gasteiger partial charge on any atom is 0.341 e. The van der Waals surface area contributed by atoms with E-state index in [0.29, 0.717) is 16.5 Å². The SMILES string of the molecule is O=C(COC(=O)c1ccc(S(=O)(=O)C(F)F)cc1)NCCc1ccc(Cl)cc1Cl. The molecule has 0 aliphatic heterocycles. The Balaban J connectivity index is 1.81. The predicted molar refractivity (Wildman–Crippen MR) is 103 cm³/mol. The molecule has 0 fully saturated rings. The highest BCUT2D eigenvalue weighted by atomic mass is 35.5. The highest BCUT2D eigenvalue weighted by molar-refractivity contribution is 7.91. The molecule has 2 aromatic carbocycles. The highest BCUT2D eigenvalue weighted by Gasteiger charge is 2.26. The van der Waals surface area contributed by atoms with Gasteiger partial charge in [-0.2, -0.15) is 8.78 Å². The lowest BCUT2D eigenvalue weighted by Gasteiger charge is -2.08. The van der Waals surface area contributed by atoms with Crippen molar-refractivity contribution in [2.24, 2.45) is 0 Å². The van der Waals surface area contributed by atoms with Gasteiger partial charge in [-0.05, 0) is 48.4 Å². The first kappa shape index (κ1) is 23.1. The van der Waals surface area contributed by atoms with Gasteiger partial charge in [-0.3, -0.25) is 4.79 Å². The van der Waals surface area contributed by atoms with E-state index in [9.17, 15) is 26.8 Å². The molecule has 0 bridgehead atoms. The second kappa shape index (κ2) is 10.00. The molecule has 156 valence electrons. The van der Waals surface area contributed by atoms with Gasteiger partial charge in [0.2, 0.25) is 9.84 Å². The predicted octanol–water partition coefficient (Wildman–Crippen LogP) is 3.51. The summed E-state index contributed by atoms with van der Waals surface area (Å²) in [5.74, 6) is -5.02. The van der Waals surface area contributed by atoms with Crippen LogP contribution in [0, 0.1) is 0 Å². The molecular formula is C18H15Cl2F2NO5S. The van der Waals surface area contributed by atoms with E-state index in [1.807, 2.05) is 0 Å². The van der Waals surface area contributed by atoms with Crippen molar-refractivity contribution < 1.29 is 31.5 Å². The Morgan fingerprint density at radius 3 is 2.31 bits per heavy atom. The number of amides is 1. The lowest BCUT2D eigenvalue weighted by molar-refractivity contribution is -0.124. The number of hydrogen-bond donors (Lipinski definition) is 1. The number of sulfone groups is 1. The fraction of sp³-hybridized carbons (Fsp3) is 0.222. The Labute approximate surface area is 175 Å². The minimum atomic E-state index is -4.75. The van der Waals surface area contributed by atoms with E-state index < -0.39 is 39.0 Å². The summed E-state index contributed by atoms with van der Waals surface area (Å²) in [6.45, 7) is -0.317.